The Labute approximate surface area is 194 Å². The van der Waals surface area contributed by atoms with Crippen LogP contribution in [0.15, 0.2) is 48.5 Å². The average Bonchev–Trinajstić information content (AvgIpc) is 3.39. The molecule has 4 aromatic rings. The molecular weight excluding hydrogens is 447 g/mol. The Morgan fingerprint density at radius 2 is 2.00 bits per heavy atom. The Morgan fingerprint density at radius 3 is 2.79 bits per heavy atom. The fourth-order valence-corrected chi connectivity index (χ4v) is 4.14. The van der Waals surface area contributed by atoms with Gasteiger partial charge in [0.05, 0.1) is 42.2 Å². The SMILES string of the molecule is Cc1cc(-c2ccc(Cl)c(Nc3nnc4n3[C@H](c3ccc(F)cc3)COC4)c2)nn1CCO. The monoisotopic (exact) mass is 468 g/mol. The summed E-state index contributed by atoms with van der Waals surface area (Å²) in [5.41, 5.74) is 4.16. The van der Waals surface area contributed by atoms with Crippen LogP contribution < -0.4 is 5.32 Å². The number of benzene rings is 2. The minimum absolute atomic E-state index is 0.0202. The third-order valence-electron chi connectivity index (χ3n) is 5.64. The van der Waals surface area contributed by atoms with Crippen molar-refractivity contribution in [1.29, 1.82) is 0 Å². The fraction of sp³-hybridized carbons (Fsp3) is 0.261. The van der Waals surface area contributed by atoms with Gasteiger partial charge in [-0.15, -0.1) is 10.2 Å². The van der Waals surface area contributed by atoms with E-state index in [1.54, 1.807) is 22.9 Å². The zero-order valence-corrected chi connectivity index (χ0v) is 18.6. The normalized spacial score (nSPS) is 15.5. The summed E-state index contributed by atoms with van der Waals surface area (Å²) in [4.78, 5) is 0. The molecule has 3 heterocycles. The van der Waals surface area contributed by atoms with Gasteiger partial charge in [-0.3, -0.25) is 9.25 Å². The topological polar surface area (TPSA) is 90.0 Å². The second-order valence-electron chi connectivity index (χ2n) is 7.83. The summed E-state index contributed by atoms with van der Waals surface area (Å²) < 4.78 is 22.9. The maximum Gasteiger partial charge on any atom is 0.229 e. The standard InChI is InChI=1S/C23H22ClFN6O2/c1-14-10-19(29-30(14)8-9-32)16-4-7-18(24)20(11-16)26-23-28-27-22-13-33-12-21(31(22)23)15-2-5-17(25)6-3-15/h2-7,10-11,21,32H,8-9,12-13H2,1H3,(H,26,28)/t21-/m0/s1. The Balaban J connectivity index is 1.48. The van der Waals surface area contributed by atoms with E-state index >= 15 is 0 Å². The van der Waals surface area contributed by atoms with Gasteiger partial charge in [-0.1, -0.05) is 29.8 Å². The van der Waals surface area contributed by atoms with Crippen molar-refractivity contribution in [3.05, 3.63) is 76.5 Å². The lowest BCUT2D eigenvalue weighted by molar-refractivity contribution is 0.0670. The number of aryl methyl sites for hydroxylation is 1. The molecule has 0 saturated carbocycles. The van der Waals surface area contributed by atoms with Crippen molar-refractivity contribution in [2.75, 3.05) is 18.5 Å². The van der Waals surface area contributed by atoms with Crippen LogP contribution in [-0.4, -0.2) is 42.9 Å². The van der Waals surface area contributed by atoms with Crippen LogP contribution in [0.3, 0.4) is 0 Å². The highest BCUT2D eigenvalue weighted by atomic mass is 35.5. The summed E-state index contributed by atoms with van der Waals surface area (Å²) in [6.07, 6.45) is 0. The molecule has 0 bridgehead atoms. The molecule has 1 atom stereocenters. The van der Waals surface area contributed by atoms with Crippen molar-refractivity contribution < 1.29 is 14.2 Å². The van der Waals surface area contributed by atoms with Crippen LogP contribution in [0.1, 0.15) is 23.1 Å². The zero-order valence-electron chi connectivity index (χ0n) is 17.9. The highest BCUT2D eigenvalue weighted by Gasteiger charge is 2.27. The van der Waals surface area contributed by atoms with Crippen molar-refractivity contribution in [3.8, 4) is 11.3 Å². The summed E-state index contributed by atoms with van der Waals surface area (Å²) in [6, 6.07) is 13.7. The predicted octanol–water partition coefficient (Wildman–Crippen LogP) is 4.10. The number of fused-ring (bicyclic) bond motifs is 1. The van der Waals surface area contributed by atoms with Crippen molar-refractivity contribution >= 4 is 23.2 Å². The van der Waals surface area contributed by atoms with Gasteiger partial charge in [-0.05, 0) is 42.8 Å². The molecular formula is C23H22ClFN6O2. The van der Waals surface area contributed by atoms with E-state index in [2.05, 4.69) is 20.6 Å². The smallest absolute Gasteiger partial charge is 0.229 e. The number of nitrogens with zero attached hydrogens (tertiary/aromatic N) is 5. The first kappa shape index (κ1) is 21.6. The van der Waals surface area contributed by atoms with Gasteiger partial charge in [0.15, 0.2) is 5.82 Å². The second kappa shape index (κ2) is 8.93. The maximum absolute atomic E-state index is 13.4. The third kappa shape index (κ3) is 4.22. The number of nitrogens with one attached hydrogen (secondary N) is 1. The molecule has 0 unspecified atom stereocenters. The summed E-state index contributed by atoms with van der Waals surface area (Å²) in [7, 11) is 0. The summed E-state index contributed by atoms with van der Waals surface area (Å²) in [5.74, 6) is 0.894. The number of halogens is 2. The molecule has 5 rings (SSSR count). The van der Waals surface area contributed by atoms with Gasteiger partial charge in [0.2, 0.25) is 5.95 Å². The van der Waals surface area contributed by atoms with E-state index in [-0.39, 0.29) is 18.5 Å². The molecule has 2 N–H and O–H groups in total. The predicted molar refractivity (Wildman–Crippen MR) is 122 cm³/mol. The molecule has 0 amide bonds. The van der Waals surface area contributed by atoms with Gasteiger partial charge in [0.1, 0.15) is 12.4 Å². The molecule has 2 aromatic heterocycles. The Kier molecular flexibility index (Phi) is 5.84. The molecule has 0 saturated heterocycles. The molecule has 33 heavy (non-hydrogen) atoms. The van der Waals surface area contributed by atoms with Crippen LogP contribution in [0.5, 0.6) is 0 Å². The largest absolute Gasteiger partial charge is 0.394 e. The van der Waals surface area contributed by atoms with Crippen LogP contribution in [0, 0.1) is 12.7 Å². The molecule has 2 aromatic carbocycles. The van der Waals surface area contributed by atoms with Crippen LogP contribution in [0.2, 0.25) is 5.02 Å². The van der Waals surface area contributed by atoms with Crippen molar-refractivity contribution in [2.24, 2.45) is 0 Å². The van der Waals surface area contributed by atoms with Gasteiger partial charge in [-0.25, -0.2) is 4.39 Å². The van der Waals surface area contributed by atoms with E-state index in [4.69, 9.17) is 16.3 Å². The highest BCUT2D eigenvalue weighted by molar-refractivity contribution is 6.33. The number of aliphatic hydroxyl groups is 1. The minimum Gasteiger partial charge on any atom is -0.394 e. The average molecular weight is 469 g/mol. The Bertz CT molecular complexity index is 1290. The number of ether oxygens (including phenoxy) is 1. The van der Waals surface area contributed by atoms with Gasteiger partial charge >= 0.3 is 0 Å². The molecule has 0 spiro atoms. The number of rotatable bonds is 6. The van der Waals surface area contributed by atoms with Gasteiger partial charge in [0, 0.05) is 11.3 Å². The van der Waals surface area contributed by atoms with E-state index in [1.807, 2.05) is 29.7 Å². The molecule has 8 nitrogen and oxygen atoms in total. The minimum atomic E-state index is -0.293. The first-order valence-corrected chi connectivity index (χ1v) is 10.9. The van der Waals surface area contributed by atoms with E-state index in [1.165, 1.54) is 12.1 Å². The zero-order chi connectivity index (χ0) is 22.9. The van der Waals surface area contributed by atoms with Crippen LogP contribution in [0.4, 0.5) is 16.0 Å². The maximum atomic E-state index is 13.4. The van der Waals surface area contributed by atoms with Gasteiger partial charge in [-0.2, -0.15) is 5.10 Å². The number of aliphatic hydroxyl groups excluding tert-OH is 1. The number of anilines is 2. The quantitative estimate of drug-likeness (QED) is 0.443. The molecule has 170 valence electrons. The van der Waals surface area contributed by atoms with E-state index in [9.17, 15) is 9.50 Å². The van der Waals surface area contributed by atoms with Gasteiger partial charge in [0.25, 0.3) is 0 Å². The number of aromatic nitrogens is 5. The lowest BCUT2D eigenvalue weighted by Crippen LogP contribution is -2.25. The lowest BCUT2D eigenvalue weighted by atomic mass is 10.1. The first-order chi connectivity index (χ1) is 16.0. The van der Waals surface area contributed by atoms with Gasteiger partial charge < -0.3 is 15.2 Å². The molecule has 0 aliphatic carbocycles. The summed E-state index contributed by atoms with van der Waals surface area (Å²) in [6.45, 7) is 3.15. The van der Waals surface area contributed by atoms with E-state index < -0.39 is 0 Å². The summed E-state index contributed by atoms with van der Waals surface area (Å²) >= 11 is 6.50. The number of hydrogen-bond acceptors (Lipinski definition) is 6. The Morgan fingerprint density at radius 1 is 1.18 bits per heavy atom. The highest BCUT2D eigenvalue weighted by Crippen LogP contribution is 2.34. The number of hydrogen-bond donors (Lipinski definition) is 2. The van der Waals surface area contributed by atoms with Crippen molar-refractivity contribution in [1.82, 2.24) is 24.5 Å². The van der Waals surface area contributed by atoms with Crippen LogP contribution >= 0.6 is 11.6 Å². The molecule has 0 fully saturated rings. The second-order valence-corrected chi connectivity index (χ2v) is 8.24. The lowest BCUT2D eigenvalue weighted by Gasteiger charge is -2.26. The van der Waals surface area contributed by atoms with E-state index in [0.717, 1.165) is 22.5 Å². The van der Waals surface area contributed by atoms with E-state index in [0.29, 0.717) is 42.2 Å². The molecule has 0 radical (unpaired) electrons. The summed E-state index contributed by atoms with van der Waals surface area (Å²) in [5, 5.41) is 26.2. The van der Waals surface area contributed by atoms with Crippen LogP contribution in [-0.2, 0) is 17.9 Å². The Hall–Kier alpha value is -3.27. The van der Waals surface area contributed by atoms with Crippen molar-refractivity contribution in [2.45, 2.75) is 26.1 Å². The first-order valence-electron chi connectivity index (χ1n) is 10.5. The molecule has 10 heteroatoms. The third-order valence-corrected chi connectivity index (χ3v) is 5.97. The molecule has 1 aliphatic rings. The van der Waals surface area contributed by atoms with Crippen molar-refractivity contribution in [3.63, 3.8) is 0 Å². The molecule has 1 aliphatic heterocycles. The van der Waals surface area contributed by atoms with Crippen LogP contribution in [0.25, 0.3) is 11.3 Å². The fourth-order valence-electron chi connectivity index (χ4n) is 3.97.